The molecule has 0 saturated heterocycles. The molecule has 0 aromatic heterocycles. The Labute approximate surface area is 170 Å². The molecule has 146 valence electrons. The molecule has 2 amide bonds. The molecule has 0 bridgehead atoms. The number of rotatable bonds is 6. The quantitative estimate of drug-likeness (QED) is 0.484. The molecule has 0 fully saturated rings. The van der Waals surface area contributed by atoms with E-state index >= 15 is 0 Å². The number of carbonyl (C=O) groups is 2. The summed E-state index contributed by atoms with van der Waals surface area (Å²) in [5.41, 5.74) is 6.68. The smallest absolute Gasteiger partial charge is 0.271 e. The van der Waals surface area contributed by atoms with Gasteiger partial charge in [-0.05, 0) is 48.6 Å². The first-order valence-corrected chi connectivity index (χ1v) is 9.84. The SMILES string of the molecule is CCC/C(C)=N\NC(=O)c1ccc(CN2C(=O)c3cccc4cccc2c34)cc1. The van der Waals surface area contributed by atoms with Gasteiger partial charge >= 0.3 is 0 Å². The molecule has 4 rings (SSSR count). The summed E-state index contributed by atoms with van der Waals surface area (Å²) in [7, 11) is 0. The van der Waals surface area contributed by atoms with Gasteiger partial charge in [-0.3, -0.25) is 9.59 Å². The predicted molar refractivity (Wildman–Crippen MR) is 116 cm³/mol. The summed E-state index contributed by atoms with van der Waals surface area (Å²) in [6.45, 7) is 4.43. The average molecular weight is 385 g/mol. The van der Waals surface area contributed by atoms with Crippen LogP contribution in [-0.2, 0) is 6.54 Å². The highest BCUT2D eigenvalue weighted by atomic mass is 16.2. The summed E-state index contributed by atoms with van der Waals surface area (Å²) < 4.78 is 0. The zero-order chi connectivity index (χ0) is 20.4. The minimum atomic E-state index is -0.235. The van der Waals surface area contributed by atoms with Crippen molar-refractivity contribution in [2.24, 2.45) is 5.10 Å². The number of carbonyl (C=O) groups excluding carboxylic acids is 2. The molecule has 0 aliphatic carbocycles. The maximum absolute atomic E-state index is 12.9. The maximum atomic E-state index is 12.9. The summed E-state index contributed by atoms with van der Waals surface area (Å²) >= 11 is 0. The molecule has 1 N–H and O–H groups in total. The van der Waals surface area contributed by atoms with Crippen molar-refractivity contribution in [2.75, 3.05) is 4.90 Å². The van der Waals surface area contributed by atoms with Gasteiger partial charge in [-0.25, -0.2) is 5.43 Å². The third-order valence-electron chi connectivity index (χ3n) is 5.17. The number of hydrazone groups is 1. The van der Waals surface area contributed by atoms with Crippen LogP contribution in [0.1, 0.15) is 53.0 Å². The van der Waals surface area contributed by atoms with Crippen molar-refractivity contribution >= 4 is 34.0 Å². The molecule has 0 saturated carbocycles. The fourth-order valence-electron chi connectivity index (χ4n) is 3.71. The highest BCUT2D eigenvalue weighted by molar-refractivity contribution is 6.24. The number of benzene rings is 3. The fourth-order valence-corrected chi connectivity index (χ4v) is 3.71. The molecule has 0 atom stereocenters. The van der Waals surface area contributed by atoms with Crippen molar-refractivity contribution in [1.82, 2.24) is 5.43 Å². The maximum Gasteiger partial charge on any atom is 0.271 e. The van der Waals surface area contributed by atoms with Crippen molar-refractivity contribution in [3.05, 3.63) is 77.4 Å². The van der Waals surface area contributed by atoms with Crippen molar-refractivity contribution in [3.8, 4) is 0 Å². The molecule has 0 spiro atoms. The van der Waals surface area contributed by atoms with Gasteiger partial charge in [-0.15, -0.1) is 0 Å². The third-order valence-corrected chi connectivity index (χ3v) is 5.17. The van der Waals surface area contributed by atoms with E-state index in [1.54, 1.807) is 17.0 Å². The molecule has 3 aromatic carbocycles. The summed E-state index contributed by atoms with van der Waals surface area (Å²) in [6, 6.07) is 19.1. The Morgan fingerprint density at radius 1 is 1.03 bits per heavy atom. The molecule has 5 heteroatoms. The van der Waals surface area contributed by atoms with E-state index in [0.29, 0.717) is 12.1 Å². The van der Waals surface area contributed by atoms with E-state index < -0.39 is 0 Å². The molecule has 1 aliphatic rings. The topological polar surface area (TPSA) is 61.8 Å². The molecular weight excluding hydrogens is 362 g/mol. The lowest BCUT2D eigenvalue weighted by atomic mass is 10.1. The fraction of sp³-hybridized carbons (Fsp3) is 0.208. The van der Waals surface area contributed by atoms with Crippen LogP contribution < -0.4 is 10.3 Å². The van der Waals surface area contributed by atoms with E-state index in [-0.39, 0.29) is 11.8 Å². The number of nitrogens with one attached hydrogen (secondary N) is 1. The van der Waals surface area contributed by atoms with Crippen LogP contribution in [0.15, 0.2) is 65.8 Å². The van der Waals surface area contributed by atoms with Crippen LogP contribution in [0.25, 0.3) is 10.8 Å². The van der Waals surface area contributed by atoms with Crippen LogP contribution in [0.4, 0.5) is 5.69 Å². The Morgan fingerprint density at radius 2 is 1.76 bits per heavy atom. The standard InChI is InChI=1S/C24H23N3O2/c1-3-6-16(2)25-26-23(28)19-13-11-17(12-14-19)15-27-21-10-5-8-18-7-4-9-20(22(18)21)24(27)29/h4-5,7-14H,3,6,15H2,1-2H3,(H,26,28)/b25-16-. The van der Waals surface area contributed by atoms with Crippen LogP contribution in [0.3, 0.4) is 0 Å². The number of hydrogen-bond donors (Lipinski definition) is 1. The summed E-state index contributed by atoms with van der Waals surface area (Å²) in [5, 5.41) is 6.20. The highest BCUT2D eigenvalue weighted by Crippen LogP contribution is 2.37. The van der Waals surface area contributed by atoms with Gasteiger partial charge in [0.2, 0.25) is 0 Å². The summed E-state index contributed by atoms with van der Waals surface area (Å²) in [4.78, 5) is 27.0. The van der Waals surface area contributed by atoms with Gasteiger partial charge in [0.15, 0.2) is 0 Å². The Morgan fingerprint density at radius 3 is 2.48 bits per heavy atom. The van der Waals surface area contributed by atoms with Crippen LogP contribution in [0.2, 0.25) is 0 Å². The molecule has 1 heterocycles. The van der Waals surface area contributed by atoms with E-state index in [1.165, 1.54) is 0 Å². The predicted octanol–water partition coefficient (Wildman–Crippen LogP) is 4.91. The van der Waals surface area contributed by atoms with E-state index in [4.69, 9.17) is 0 Å². The highest BCUT2D eigenvalue weighted by Gasteiger charge is 2.29. The van der Waals surface area contributed by atoms with Crippen molar-refractivity contribution in [2.45, 2.75) is 33.2 Å². The lowest BCUT2D eigenvalue weighted by molar-refractivity contribution is 0.0952. The van der Waals surface area contributed by atoms with Gasteiger partial charge in [0.25, 0.3) is 11.8 Å². The van der Waals surface area contributed by atoms with Gasteiger partial charge in [0.1, 0.15) is 0 Å². The first kappa shape index (κ1) is 18.9. The van der Waals surface area contributed by atoms with E-state index in [1.807, 2.05) is 55.5 Å². The van der Waals surface area contributed by atoms with Crippen molar-refractivity contribution in [3.63, 3.8) is 0 Å². The normalized spacial score (nSPS) is 13.2. The second-order valence-corrected chi connectivity index (χ2v) is 7.31. The number of nitrogens with zero attached hydrogens (tertiary/aromatic N) is 2. The first-order chi connectivity index (χ1) is 14.1. The number of hydrogen-bond acceptors (Lipinski definition) is 3. The number of anilines is 1. The van der Waals surface area contributed by atoms with Crippen LogP contribution in [0.5, 0.6) is 0 Å². The van der Waals surface area contributed by atoms with Gasteiger partial charge in [-0.1, -0.05) is 49.7 Å². The molecule has 0 radical (unpaired) electrons. The monoisotopic (exact) mass is 385 g/mol. The number of amides is 2. The lowest BCUT2D eigenvalue weighted by Crippen LogP contribution is -2.26. The Balaban J connectivity index is 1.50. The van der Waals surface area contributed by atoms with Gasteiger partial charge in [-0.2, -0.15) is 5.10 Å². The lowest BCUT2D eigenvalue weighted by Gasteiger charge is -2.18. The van der Waals surface area contributed by atoms with Gasteiger partial charge in [0, 0.05) is 22.2 Å². The Kier molecular flexibility index (Phi) is 5.12. The third kappa shape index (κ3) is 3.63. The molecule has 3 aromatic rings. The molecule has 5 nitrogen and oxygen atoms in total. The van der Waals surface area contributed by atoms with Crippen LogP contribution in [0, 0.1) is 0 Å². The Hall–Kier alpha value is -3.47. The Bertz CT molecular complexity index is 1110. The summed E-state index contributed by atoms with van der Waals surface area (Å²) in [6.07, 6.45) is 1.85. The molecule has 1 aliphatic heterocycles. The second kappa shape index (κ2) is 7.87. The molecular formula is C24H23N3O2. The zero-order valence-electron chi connectivity index (χ0n) is 16.6. The first-order valence-electron chi connectivity index (χ1n) is 9.84. The van der Waals surface area contributed by atoms with E-state index in [0.717, 1.165) is 46.1 Å². The van der Waals surface area contributed by atoms with E-state index in [9.17, 15) is 9.59 Å². The largest absolute Gasteiger partial charge is 0.303 e. The van der Waals surface area contributed by atoms with Crippen molar-refractivity contribution in [1.29, 1.82) is 0 Å². The van der Waals surface area contributed by atoms with Crippen molar-refractivity contribution < 1.29 is 9.59 Å². The van der Waals surface area contributed by atoms with Crippen LogP contribution >= 0.6 is 0 Å². The van der Waals surface area contributed by atoms with Gasteiger partial charge < -0.3 is 4.90 Å². The minimum absolute atomic E-state index is 0.0133. The average Bonchev–Trinajstić information content (AvgIpc) is 3.01. The minimum Gasteiger partial charge on any atom is -0.303 e. The van der Waals surface area contributed by atoms with Crippen LogP contribution in [-0.4, -0.2) is 17.5 Å². The summed E-state index contributed by atoms with van der Waals surface area (Å²) in [5.74, 6) is -0.221. The molecule has 29 heavy (non-hydrogen) atoms. The second-order valence-electron chi connectivity index (χ2n) is 7.31. The molecule has 0 unspecified atom stereocenters. The van der Waals surface area contributed by atoms with E-state index in [2.05, 4.69) is 17.5 Å². The zero-order valence-corrected chi connectivity index (χ0v) is 16.6. The van der Waals surface area contributed by atoms with Gasteiger partial charge in [0.05, 0.1) is 12.2 Å².